The van der Waals surface area contributed by atoms with Gasteiger partial charge in [0.1, 0.15) is 17.3 Å². The van der Waals surface area contributed by atoms with Gasteiger partial charge in [-0.05, 0) is 73.0 Å². The van der Waals surface area contributed by atoms with Crippen LogP contribution in [0.25, 0.3) is 5.76 Å². The van der Waals surface area contributed by atoms with E-state index in [-0.39, 0.29) is 21.9 Å². The Bertz CT molecular complexity index is 1350. The highest BCUT2D eigenvalue weighted by atomic mass is 35.5. The number of carbonyl (C=O) groups excluding carboxylic acids is 2. The normalized spacial score (nSPS) is 19.2. The molecule has 6 nitrogen and oxygen atoms in total. The second kappa shape index (κ2) is 9.66. The first-order valence-corrected chi connectivity index (χ1v) is 12.0. The molecule has 1 amide bonds. The summed E-state index contributed by atoms with van der Waals surface area (Å²) in [6.07, 6.45) is 2.27. The number of nitrogens with zero attached hydrogens (tertiary/aromatic N) is 2. The molecule has 2 aliphatic heterocycles. The fourth-order valence-electron chi connectivity index (χ4n) is 4.83. The Hall–Kier alpha value is -3.84. The highest BCUT2D eigenvalue weighted by Crippen LogP contribution is 2.43. The number of aliphatic hydroxyl groups is 1. The van der Waals surface area contributed by atoms with Gasteiger partial charge in [0.15, 0.2) is 0 Å². The number of hydrogen-bond acceptors (Lipinski definition) is 5. The lowest BCUT2D eigenvalue weighted by Gasteiger charge is -2.26. The molecule has 0 bridgehead atoms. The number of benzene rings is 3. The maximum Gasteiger partial charge on any atom is 0.300 e. The van der Waals surface area contributed by atoms with E-state index in [9.17, 15) is 19.1 Å². The van der Waals surface area contributed by atoms with Gasteiger partial charge in [0, 0.05) is 30.0 Å². The Morgan fingerprint density at radius 3 is 2.22 bits per heavy atom. The second-order valence-corrected chi connectivity index (χ2v) is 9.19. The van der Waals surface area contributed by atoms with Crippen LogP contribution in [0.5, 0.6) is 5.75 Å². The molecule has 2 aliphatic rings. The fraction of sp³-hybridized carbons (Fsp3) is 0.214. The van der Waals surface area contributed by atoms with E-state index in [4.69, 9.17) is 16.3 Å². The predicted octanol–water partition coefficient (Wildman–Crippen LogP) is 5.71. The maximum absolute atomic E-state index is 13.7. The highest BCUT2D eigenvalue weighted by Gasteiger charge is 2.47. The molecule has 36 heavy (non-hydrogen) atoms. The lowest BCUT2D eigenvalue weighted by molar-refractivity contribution is -0.132. The van der Waals surface area contributed by atoms with Crippen LogP contribution < -0.4 is 14.5 Å². The van der Waals surface area contributed by atoms with Crippen LogP contribution in [0.1, 0.15) is 30.0 Å². The summed E-state index contributed by atoms with van der Waals surface area (Å²) in [5.74, 6) is -2.03. The van der Waals surface area contributed by atoms with Crippen LogP contribution >= 0.6 is 11.6 Å². The van der Waals surface area contributed by atoms with E-state index in [1.165, 1.54) is 42.3 Å². The van der Waals surface area contributed by atoms with Crippen molar-refractivity contribution < 1.29 is 23.8 Å². The van der Waals surface area contributed by atoms with Crippen molar-refractivity contribution in [3.05, 3.63) is 94.3 Å². The average molecular weight is 507 g/mol. The molecule has 184 valence electrons. The number of Topliss-reactive ketones (excluding diaryl/α,β-unsaturated/α-hetero) is 1. The molecule has 2 fully saturated rings. The quantitative estimate of drug-likeness (QED) is 0.272. The molecule has 1 atom stereocenters. The SMILES string of the molecule is COc1ccc(/C(O)=C2/C(=O)C(=O)N(c3ccc(N4CCCC4)cc3)C2c2ccc(F)cc2)cc1Cl. The van der Waals surface area contributed by atoms with Crippen LogP contribution in [-0.2, 0) is 9.59 Å². The number of ketones is 1. The first kappa shape index (κ1) is 23.9. The summed E-state index contributed by atoms with van der Waals surface area (Å²) in [4.78, 5) is 30.2. The minimum absolute atomic E-state index is 0.100. The third-order valence-corrected chi connectivity index (χ3v) is 6.95. The molecule has 1 unspecified atom stereocenters. The Labute approximate surface area is 213 Å². The summed E-state index contributed by atoms with van der Waals surface area (Å²) in [5, 5.41) is 11.5. The number of carbonyl (C=O) groups is 2. The first-order valence-electron chi connectivity index (χ1n) is 11.6. The topological polar surface area (TPSA) is 70.1 Å². The van der Waals surface area contributed by atoms with Crippen molar-refractivity contribution in [2.45, 2.75) is 18.9 Å². The summed E-state index contributed by atoms with van der Waals surface area (Å²) in [6.45, 7) is 1.95. The zero-order chi connectivity index (χ0) is 25.4. The summed E-state index contributed by atoms with van der Waals surface area (Å²) in [7, 11) is 1.47. The van der Waals surface area contributed by atoms with Crippen LogP contribution in [0, 0.1) is 5.82 Å². The molecule has 0 aromatic heterocycles. The van der Waals surface area contributed by atoms with Gasteiger partial charge in [-0.15, -0.1) is 0 Å². The van der Waals surface area contributed by atoms with Crippen LogP contribution in [0.3, 0.4) is 0 Å². The molecule has 3 aromatic carbocycles. The highest BCUT2D eigenvalue weighted by molar-refractivity contribution is 6.51. The first-order chi connectivity index (χ1) is 17.4. The van der Waals surface area contributed by atoms with Crippen LogP contribution in [0.4, 0.5) is 15.8 Å². The van der Waals surface area contributed by atoms with Gasteiger partial charge in [0.2, 0.25) is 0 Å². The van der Waals surface area contributed by atoms with Crippen molar-refractivity contribution in [3.8, 4) is 5.75 Å². The van der Waals surface area contributed by atoms with E-state index in [1.54, 1.807) is 24.3 Å². The third-order valence-electron chi connectivity index (χ3n) is 6.65. The number of amides is 1. The van der Waals surface area contributed by atoms with Crippen LogP contribution in [0.15, 0.2) is 72.3 Å². The maximum atomic E-state index is 13.7. The summed E-state index contributed by atoms with van der Waals surface area (Å²) < 4.78 is 18.9. The third kappa shape index (κ3) is 4.20. The minimum Gasteiger partial charge on any atom is -0.507 e. The molecule has 2 saturated heterocycles. The number of halogens is 2. The minimum atomic E-state index is -0.955. The van der Waals surface area contributed by atoms with Crippen molar-refractivity contribution in [3.63, 3.8) is 0 Å². The number of ether oxygens (including phenoxy) is 1. The Morgan fingerprint density at radius 2 is 1.61 bits per heavy atom. The Kier molecular flexibility index (Phi) is 6.41. The van der Waals surface area contributed by atoms with E-state index in [1.807, 2.05) is 12.1 Å². The van der Waals surface area contributed by atoms with Gasteiger partial charge in [-0.2, -0.15) is 0 Å². The molecule has 2 heterocycles. The van der Waals surface area contributed by atoms with Crippen molar-refractivity contribution in [2.24, 2.45) is 0 Å². The smallest absolute Gasteiger partial charge is 0.300 e. The number of hydrogen-bond donors (Lipinski definition) is 1. The zero-order valence-electron chi connectivity index (χ0n) is 19.6. The molecule has 8 heteroatoms. The molecule has 3 aromatic rings. The van der Waals surface area contributed by atoms with Crippen molar-refractivity contribution in [2.75, 3.05) is 30.0 Å². The lowest BCUT2D eigenvalue weighted by atomic mass is 9.95. The molecule has 1 N–H and O–H groups in total. The molecule has 0 saturated carbocycles. The van der Waals surface area contributed by atoms with E-state index in [2.05, 4.69) is 4.90 Å². The Morgan fingerprint density at radius 1 is 0.972 bits per heavy atom. The zero-order valence-corrected chi connectivity index (χ0v) is 20.3. The van der Waals surface area contributed by atoms with E-state index in [0.29, 0.717) is 17.0 Å². The standard InChI is InChI=1S/C28H24ClFN2O4/c1-36-23-13-6-18(16-22(23)29)26(33)24-25(17-4-7-19(30)8-5-17)32(28(35)27(24)34)21-11-9-20(10-12-21)31-14-2-3-15-31/h4-13,16,25,33H,2-3,14-15H2,1H3/b26-24-. The van der Waals surface area contributed by atoms with E-state index < -0.39 is 23.5 Å². The van der Waals surface area contributed by atoms with Crippen molar-refractivity contribution >= 4 is 40.4 Å². The predicted molar refractivity (Wildman–Crippen MR) is 137 cm³/mol. The van der Waals surface area contributed by atoms with Crippen molar-refractivity contribution in [1.82, 2.24) is 0 Å². The van der Waals surface area contributed by atoms with Gasteiger partial charge in [-0.3, -0.25) is 14.5 Å². The number of aliphatic hydroxyl groups excluding tert-OH is 1. The lowest BCUT2D eigenvalue weighted by Crippen LogP contribution is -2.29. The number of anilines is 2. The van der Waals surface area contributed by atoms with Gasteiger partial charge in [-0.1, -0.05) is 23.7 Å². The monoisotopic (exact) mass is 506 g/mol. The van der Waals surface area contributed by atoms with E-state index >= 15 is 0 Å². The molecule has 5 rings (SSSR count). The number of rotatable bonds is 5. The average Bonchev–Trinajstić information content (AvgIpc) is 3.51. The summed E-state index contributed by atoms with van der Waals surface area (Å²) in [5.41, 5.74) is 2.19. The molecule has 0 aliphatic carbocycles. The Balaban J connectivity index is 1.62. The van der Waals surface area contributed by atoms with Gasteiger partial charge < -0.3 is 14.7 Å². The van der Waals surface area contributed by atoms with Gasteiger partial charge in [0.25, 0.3) is 11.7 Å². The molecular weight excluding hydrogens is 483 g/mol. The summed E-state index contributed by atoms with van der Waals surface area (Å²) >= 11 is 6.24. The second-order valence-electron chi connectivity index (χ2n) is 8.78. The molecule has 0 spiro atoms. The van der Waals surface area contributed by atoms with E-state index in [0.717, 1.165) is 31.6 Å². The largest absolute Gasteiger partial charge is 0.507 e. The van der Waals surface area contributed by atoms with Gasteiger partial charge in [-0.25, -0.2) is 4.39 Å². The molecule has 0 radical (unpaired) electrons. The van der Waals surface area contributed by atoms with Crippen LogP contribution in [0.2, 0.25) is 5.02 Å². The van der Waals surface area contributed by atoms with Gasteiger partial charge in [0.05, 0.1) is 23.7 Å². The molecular formula is C28H24ClFN2O4. The fourth-order valence-corrected chi connectivity index (χ4v) is 5.09. The summed E-state index contributed by atoms with van der Waals surface area (Å²) in [6, 6.07) is 16.6. The van der Waals surface area contributed by atoms with Crippen molar-refractivity contribution in [1.29, 1.82) is 0 Å². The van der Waals surface area contributed by atoms with Gasteiger partial charge >= 0.3 is 0 Å². The van der Waals surface area contributed by atoms with Crippen LogP contribution in [-0.4, -0.2) is 37.0 Å². The number of methoxy groups -OCH3 is 1.